The number of nitrogens with one attached hydrogen (secondary N) is 1. The van der Waals surface area contributed by atoms with E-state index >= 15 is 0 Å². The van der Waals surface area contributed by atoms with Crippen molar-refractivity contribution in [3.8, 4) is 0 Å². The first-order valence-electron chi connectivity index (χ1n) is 7.40. The highest BCUT2D eigenvalue weighted by atomic mass is 16.1. The molecule has 3 nitrogen and oxygen atoms in total. The van der Waals surface area contributed by atoms with Gasteiger partial charge in [0.25, 0.3) is 0 Å². The zero-order valence-corrected chi connectivity index (χ0v) is 12.7. The van der Waals surface area contributed by atoms with E-state index in [-0.39, 0.29) is 17.2 Å². The largest absolute Gasteiger partial charge is 0.355 e. The molecular weight excluding hydrogens is 224 g/mol. The van der Waals surface area contributed by atoms with Crippen LogP contribution in [0.3, 0.4) is 0 Å². The number of carbonyl (C=O) groups is 1. The van der Waals surface area contributed by atoms with Crippen LogP contribution >= 0.6 is 0 Å². The van der Waals surface area contributed by atoms with Crippen molar-refractivity contribution in [1.29, 1.82) is 0 Å². The second-order valence-corrected chi connectivity index (χ2v) is 6.17. The van der Waals surface area contributed by atoms with E-state index in [0.29, 0.717) is 6.54 Å². The Kier molecular flexibility index (Phi) is 9.08. The molecule has 1 unspecified atom stereocenters. The van der Waals surface area contributed by atoms with Crippen LogP contribution in [0.25, 0.3) is 0 Å². The van der Waals surface area contributed by atoms with Crippen molar-refractivity contribution in [3.05, 3.63) is 0 Å². The summed E-state index contributed by atoms with van der Waals surface area (Å²) in [6.07, 6.45) is 6.77. The van der Waals surface area contributed by atoms with Gasteiger partial charge in [-0.05, 0) is 31.2 Å². The lowest BCUT2D eigenvalue weighted by molar-refractivity contribution is -0.125. The maximum absolute atomic E-state index is 11.9. The minimum absolute atomic E-state index is 0.0833. The Morgan fingerprint density at radius 1 is 1.28 bits per heavy atom. The Labute approximate surface area is 113 Å². The Morgan fingerprint density at radius 2 is 1.94 bits per heavy atom. The normalized spacial score (nSPS) is 13.4. The highest BCUT2D eigenvalue weighted by molar-refractivity contribution is 5.78. The van der Waals surface area contributed by atoms with Gasteiger partial charge < -0.3 is 11.1 Å². The maximum Gasteiger partial charge on any atom is 0.222 e. The van der Waals surface area contributed by atoms with E-state index in [0.717, 1.165) is 19.4 Å². The van der Waals surface area contributed by atoms with E-state index in [4.69, 9.17) is 5.73 Å². The van der Waals surface area contributed by atoms with Crippen LogP contribution in [0, 0.1) is 11.3 Å². The lowest BCUT2D eigenvalue weighted by Crippen LogP contribution is -2.37. The average Bonchev–Trinajstić information content (AvgIpc) is 2.33. The number of amides is 1. The van der Waals surface area contributed by atoms with Crippen molar-refractivity contribution >= 4 is 5.91 Å². The molecule has 0 spiro atoms. The first kappa shape index (κ1) is 17.4. The molecule has 18 heavy (non-hydrogen) atoms. The molecule has 1 atom stereocenters. The van der Waals surface area contributed by atoms with Crippen molar-refractivity contribution in [2.75, 3.05) is 13.1 Å². The fraction of sp³-hybridized carbons (Fsp3) is 0.933. The van der Waals surface area contributed by atoms with Gasteiger partial charge in [0.15, 0.2) is 0 Å². The van der Waals surface area contributed by atoms with Crippen molar-refractivity contribution in [2.45, 2.75) is 66.2 Å². The van der Waals surface area contributed by atoms with E-state index in [1.807, 2.05) is 6.92 Å². The quantitative estimate of drug-likeness (QED) is 0.590. The molecule has 0 fully saturated rings. The monoisotopic (exact) mass is 256 g/mol. The number of hydrogen-bond donors (Lipinski definition) is 2. The van der Waals surface area contributed by atoms with Gasteiger partial charge in [-0.2, -0.15) is 0 Å². The van der Waals surface area contributed by atoms with E-state index < -0.39 is 0 Å². The number of rotatable bonds is 10. The van der Waals surface area contributed by atoms with E-state index in [1.165, 1.54) is 25.7 Å². The molecule has 0 aromatic carbocycles. The molecule has 0 aromatic heterocycles. The zero-order valence-electron chi connectivity index (χ0n) is 12.7. The molecular formula is C15H32N2O. The second-order valence-electron chi connectivity index (χ2n) is 6.17. The molecule has 1 amide bonds. The lowest BCUT2D eigenvalue weighted by Gasteiger charge is -2.25. The second kappa shape index (κ2) is 9.37. The van der Waals surface area contributed by atoms with Crippen molar-refractivity contribution in [2.24, 2.45) is 17.1 Å². The van der Waals surface area contributed by atoms with Gasteiger partial charge in [-0.1, -0.05) is 47.0 Å². The predicted molar refractivity (Wildman–Crippen MR) is 78.4 cm³/mol. The van der Waals surface area contributed by atoms with Crippen LogP contribution in [-0.2, 0) is 4.79 Å². The summed E-state index contributed by atoms with van der Waals surface area (Å²) in [5.41, 5.74) is 5.66. The summed E-state index contributed by atoms with van der Waals surface area (Å²) < 4.78 is 0. The third-order valence-corrected chi connectivity index (χ3v) is 3.49. The first-order chi connectivity index (χ1) is 8.43. The van der Waals surface area contributed by atoms with Crippen LogP contribution in [0.2, 0.25) is 0 Å². The highest BCUT2D eigenvalue weighted by Gasteiger charge is 2.20. The summed E-state index contributed by atoms with van der Waals surface area (Å²) in [4.78, 5) is 11.9. The van der Waals surface area contributed by atoms with Crippen molar-refractivity contribution < 1.29 is 4.79 Å². The van der Waals surface area contributed by atoms with Crippen LogP contribution in [0.1, 0.15) is 66.2 Å². The summed E-state index contributed by atoms with van der Waals surface area (Å²) in [6.45, 7) is 10.1. The van der Waals surface area contributed by atoms with Gasteiger partial charge in [-0.25, -0.2) is 0 Å². The van der Waals surface area contributed by atoms with Gasteiger partial charge in [-0.15, -0.1) is 0 Å². The van der Waals surface area contributed by atoms with Gasteiger partial charge in [0.2, 0.25) is 5.91 Å². The van der Waals surface area contributed by atoms with Crippen LogP contribution in [0.4, 0.5) is 0 Å². The van der Waals surface area contributed by atoms with Gasteiger partial charge in [0.1, 0.15) is 0 Å². The maximum atomic E-state index is 11.9. The smallest absolute Gasteiger partial charge is 0.222 e. The molecule has 0 bridgehead atoms. The van der Waals surface area contributed by atoms with Crippen molar-refractivity contribution in [3.63, 3.8) is 0 Å². The Bertz CT molecular complexity index is 227. The molecule has 0 rings (SSSR count). The fourth-order valence-corrected chi connectivity index (χ4v) is 2.00. The molecule has 3 heteroatoms. The molecule has 0 aliphatic carbocycles. The summed E-state index contributed by atoms with van der Waals surface area (Å²) in [5, 5.41) is 3.08. The molecule has 0 radical (unpaired) electrons. The Balaban J connectivity index is 3.87. The molecule has 0 saturated carbocycles. The molecule has 0 saturated heterocycles. The standard InChI is InChI=1S/C15H32N2O/c1-5-6-7-10-15(3,4)12-17-14(18)13(2)9-8-11-16/h13H,5-12,16H2,1-4H3,(H,17,18). The average molecular weight is 256 g/mol. The number of hydrogen-bond acceptors (Lipinski definition) is 2. The highest BCUT2D eigenvalue weighted by Crippen LogP contribution is 2.22. The van der Waals surface area contributed by atoms with Gasteiger partial charge in [0, 0.05) is 12.5 Å². The predicted octanol–water partition coefficient (Wildman–Crippen LogP) is 3.08. The SMILES string of the molecule is CCCCCC(C)(C)CNC(=O)C(C)CCCN. The first-order valence-corrected chi connectivity index (χ1v) is 7.40. The number of carbonyl (C=O) groups excluding carboxylic acids is 1. The van der Waals surface area contributed by atoms with Crippen molar-refractivity contribution in [1.82, 2.24) is 5.32 Å². The summed E-state index contributed by atoms with van der Waals surface area (Å²) >= 11 is 0. The molecule has 108 valence electrons. The Hall–Kier alpha value is -0.570. The third kappa shape index (κ3) is 8.51. The number of nitrogens with two attached hydrogens (primary N) is 1. The van der Waals surface area contributed by atoms with Crippen LogP contribution in [-0.4, -0.2) is 19.0 Å². The van der Waals surface area contributed by atoms with Gasteiger partial charge in [0.05, 0.1) is 0 Å². The topological polar surface area (TPSA) is 55.1 Å². The third-order valence-electron chi connectivity index (χ3n) is 3.49. The summed E-state index contributed by atoms with van der Waals surface area (Å²) in [5.74, 6) is 0.256. The summed E-state index contributed by atoms with van der Waals surface area (Å²) in [6, 6.07) is 0. The molecule has 3 N–H and O–H groups in total. The minimum atomic E-state index is 0.0833. The van der Waals surface area contributed by atoms with E-state index in [9.17, 15) is 4.79 Å². The molecule has 0 aliphatic heterocycles. The molecule has 0 aliphatic rings. The number of unbranched alkanes of at least 4 members (excludes halogenated alkanes) is 2. The lowest BCUT2D eigenvalue weighted by atomic mass is 9.86. The van der Waals surface area contributed by atoms with Crippen LogP contribution in [0.15, 0.2) is 0 Å². The van der Waals surface area contributed by atoms with Gasteiger partial charge >= 0.3 is 0 Å². The minimum Gasteiger partial charge on any atom is -0.355 e. The van der Waals surface area contributed by atoms with E-state index in [1.54, 1.807) is 0 Å². The molecule has 0 aromatic rings. The summed E-state index contributed by atoms with van der Waals surface area (Å²) in [7, 11) is 0. The fourth-order valence-electron chi connectivity index (χ4n) is 2.00. The molecule has 0 heterocycles. The van der Waals surface area contributed by atoms with E-state index in [2.05, 4.69) is 26.1 Å². The zero-order chi connectivity index (χ0) is 14.0. The van der Waals surface area contributed by atoms with Crippen LogP contribution < -0.4 is 11.1 Å². The Morgan fingerprint density at radius 3 is 2.50 bits per heavy atom. The van der Waals surface area contributed by atoms with Gasteiger partial charge in [-0.3, -0.25) is 4.79 Å². The van der Waals surface area contributed by atoms with Crippen LogP contribution in [0.5, 0.6) is 0 Å².